The lowest BCUT2D eigenvalue weighted by molar-refractivity contribution is -0.137. The highest BCUT2D eigenvalue weighted by Crippen LogP contribution is 2.67. The normalized spacial score (nSPS) is 28.0. The molecule has 2 unspecified atom stereocenters. The number of hydrogen-bond donors (Lipinski definition) is 1. The van der Waals surface area contributed by atoms with Gasteiger partial charge in [-0.1, -0.05) is 32.0 Å². The first-order chi connectivity index (χ1) is 17.2. The minimum Gasteiger partial charge on any atom is -0.369 e. The van der Waals surface area contributed by atoms with Gasteiger partial charge in [0.2, 0.25) is 15.9 Å². The fraction of sp³-hybridized carbons (Fsp3) is 0.731. The summed E-state index contributed by atoms with van der Waals surface area (Å²) < 4.78 is 52.2. The number of hydrazine groups is 1. The fourth-order valence-corrected chi connectivity index (χ4v) is 10.0. The molecule has 3 atom stereocenters. The summed E-state index contributed by atoms with van der Waals surface area (Å²) in [7, 11) is -6.76. The molecule has 1 aromatic carbocycles. The Morgan fingerprint density at radius 2 is 1.76 bits per heavy atom. The number of aryl methyl sites for hydroxylation is 1. The molecule has 0 spiro atoms. The van der Waals surface area contributed by atoms with E-state index in [-0.39, 0.29) is 41.7 Å². The Balaban J connectivity index is 1.48. The van der Waals surface area contributed by atoms with Gasteiger partial charge in [-0.05, 0) is 55.6 Å². The second-order valence-electron chi connectivity index (χ2n) is 11.8. The molecule has 11 heteroatoms. The van der Waals surface area contributed by atoms with Gasteiger partial charge in [0, 0.05) is 50.0 Å². The van der Waals surface area contributed by atoms with Crippen molar-refractivity contribution in [2.45, 2.75) is 58.9 Å². The molecule has 9 nitrogen and oxygen atoms in total. The average molecular weight is 555 g/mol. The van der Waals surface area contributed by atoms with Crippen molar-refractivity contribution in [3.05, 3.63) is 29.8 Å². The summed E-state index contributed by atoms with van der Waals surface area (Å²) >= 11 is 0. The van der Waals surface area contributed by atoms with Crippen molar-refractivity contribution < 1.29 is 21.6 Å². The number of sulfonamides is 1. The van der Waals surface area contributed by atoms with E-state index in [4.69, 9.17) is 5.84 Å². The molecule has 0 aromatic heterocycles. The molecule has 2 N–H and O–H groups in total. The second-order valence-corrected chi connectivity index (χ2v) is 16.1. The molecule has 1 saturated heterocycles. The molecule has 4 rings (SSSR count). The van der Waals surface area contributed by atoms with Crippen LogP contribution in [-0.4, -0.2) is 82.0 Å². The van der Waals surface area contributed by atoms with E-state index in [1.165, 1.54) is 10.6 Å². The number of carbonyl (C=O) groups excluding carboxylic acids is 1. The van der Waals surface area contributed by atoms with Crippen LogP contribution in [0.4, 0.5) is 5.69 Å². The van der Waals surface area contributed by atoms with Crippen LogP contribution < -0.4 is 10.7 Å². The van der Waals surface area contributed by atoms with Crippen molar-refractivity contribution in [2.24, 2.45) is 22.6 Å². The van der Waals surface area contributed by atoms with Crippen molar-refractivity contribution in [1.82, 2.24) is 9.31 Å². The standard InChI is InChI=1S/C26H42N4O5S2/c1-20-8-5-6-9-22(20)28-13-15-29(16-14-28)37(34,35)19-26-12-11-21(25(26,2)3)18-23(26)30(27)24(31)10-7-17-36(4,32)33/h5-6,8-9,21,23H,7,10-19,27H2,1-4H3/t21?,23-,26?/m0/s1. The van der Waals surface area contributed by atoms with Crippen LogP contribution in [0, 0.1) is 23.7 Å². The number of amides is 1. The van der Waals surface area contributed by atoms with E-state index in [1.54, 1.807) is 4.31 Å². The molecule has 1 heterocycles. The number of fused-ring (bicyclic) bond motifs is 2. The summed E-state index contributed by atoms with van der Waals surface area (Å²) in [5.41, 5.74) is 1.40. The topological polar surface area (TPSA) is 121 Å². The van der Waals surface area contributed by atoms with E-state index in [9.17, 15) is 21.6 Å². The van der Waals surface area contributed by atoms with Crippen molar-refractivity contribution in [3.8, 4) is 0 Å². The number of anilines is 1. The van der Waals surface area contributed by atoms with Crippen molar-refractivity contribution in [2.75, 3.05) is 48.8 Å². The third kappa shape index (κ3) is 5.42. The van der Waals surface area contributed by atoms with E-state index in [1.807, 2.05) is 12.1 Å². The Hall–Kier alpha value is -1.69. The van der Waals surface area contributed by atoms with Crippen molar-refractivity contribution in [1.29, 1.82) is 0 Å². The smallest absolute Gasteiger partial charge is 0.236 e. The van der Waals surface area contributed by atoms with Crippen molar-refractivity contribution in [3.63, 3.8) is 0 Å². The zero-order valence-electron chi connectivity index (χ0n) is 22.5. The number of para-hydroxylation sites is 1. The van der Waals surface area contributed by atoms with Gasteiger partial charge < -0.3 is 4.90 Å². The van der Waals surface area contributed by atoms with Crippen LogP contribution in [0.5, 0.6) is 0 Å². The minimum absolute atomic E-state index is 0.0249. The average Bonchev–Trinajstić information content (AvgIpc) is 3.18. The predicted molar refractivity (Wildman–Crippen MR) is 146 cm³/mol. The number of nitrogens with zero attached hydrogens (tertiary/aromatic N) is 3. The van der Waals surface area contributed by atoms with Crippen LogP contribution in [0.3, 0.4) is 0 Å². The maximum absolute atomic E-state index is 13.8. The lowest BCUT2D eigenvalue weighted by atomic mass is 9.68. The molecule has 1 aromatic rings. The third-order valence-electron chi connectivity index (χ3n) is 9.45. The first-order valence-corrected chi connectivity index (χ1v) is 16.9. The van der Waals surface area contributed by atoms with E-state index in [0.717, 1.165) is 18.4 Å². The SMILES string of the molecule is Cc1ccccc1N1CCN(S(=O)(=O)CC23CCC(C[C@@H]2N(N)C(=O)CCCS(C)(=O)=O)C3(C)C)CC1. The zero-order chi connectivity index (χ0) is 27.2. The number of carbonyl (C=O) groups is 1. The number of nitrogens with two attached hydrogens (primary N) is 1. The van der Waals surface area contributed by atoms with Gasteiger partial charge in [-0.25, -0.2) is 22.7 Å². The fourth-order valence-electron chi connectivity index (χ4n) is 7.09. The van der Waals surface area contributed by atoms with Gasteiger partial charge in [-0.3, -0.25) is 9.80 Å². The van der Waals surface area contributed by atoms with Crippen molar-refractivity contribution >= 4 is 31.5 Å². The minimum atomic E-state index is -3.59. The molecule has 1 amide bonds. The van der Waals surface area contributed by atoms with E-state index in [2.05, 4.69) is 37.8 Å². The van der Waals surface area contributed by atoms with Gasteiger partial charge in [-0.15, -0.1) is 0 Å². The van der Waals surface area contributed by atoms with E-state index in [0.29, 0.717) is 44.9 Å². The summed E-state index contributed by atoms with van der Waals surface area (Å²) in [5, 5.41) is 1.24. The van der Waals surface area contributed by atoms with Crippen LogP contribution in [0.2, 0.25) is 0 Å². The highest BCUT2D eigenvalue weighted by molar-refractivity contribution is 7.90. The Kier molecular flexibility index (Phi) is 7.75. The largest absolute Gasteiger partial charge is 0.369 e. The van der Waals surface area contributed by atoms with E-state index < -0.39 is 25.3 Å². The van der Waals surface area contributed by atoms with Gasteiger partial charge in [0.15, 0.2) is 0 Å². The van der Waals surface area contributed by atoms with Crippen LogP contribution >= 0.6 is 0 Å². The van der Waals surface area contributed by atoms with Gasteiger partial charge in [0.05, 0.1) is 17.5 Å². The van der Waals surface area contributed by atoms with Gasteiger partial charge in [0.1, 0.15) is 9.84 Å². The Bertz CT molecular complexity index is 1230. The van der Waals surface area contributed by atoms with Crippen LogP contribution in [0.25, 0.3) is 0 Å². The molecule has 37 heavy (non-hydrogen) atoms. The molecular formula is C26H42N4O5S2. The molecule has 3 aliphatic rings. The monoisotopic (exact) mass is 554 g/mol. The maximum atomic E-state index is 13.8. The molecule has 1 aliphatic heterocycles. The molecular weight excluding hydrogens is 512 g/mol. The van der Waals surface area contributed by atoms with Gasteiger partial charge in [-0.2, -0.15) is 4.31 Å². The Morgan fingerprint density at radius 3 is 2.35 bits per heavy atom. The Morgan fingerprint density at radius 1 is 1.11 bits per heavy atom. The predicted octanol–water partition coefficient (Wildman–Crippen LogP) is 2.17. The molecule has 208 valence electrons. The first-order valence-electron chi connectivity index (χ1n) is 13.2. The molecule has 3 fully saturated rings. The van der Waals surface area contributed by atoms with Gasteiger partial charge >= 0.3 is 0 Å². The number of rotatable bonds is 9. The number of benzene rings is 1. The van der Waals surface area contributed by atoms with Crippen LogP contribution in [0.1, 0.15) is 51.5 Å². The summed E-state index contributed by atoms with van der Waals surface area (Å²) in [6.07, 6.45) is 3.71. The zero-order valence-corrected chi connectivity index (χ0v) is 24.2. The summed E-state index contributed by atoms with van der Waals surface area (Å²) in [6, 6.07) is 7.77. The summed E-state index contributed by atoms with van der Waals surface area (Å²) in [6.45, 7) is 8.44. The first kappa shape index (κ1) is 28.3. The highest BCUT2D eigenvalue weighted by Gasteiger charge is 2.67. The quantitative estimate of drug-likeness (QED) is 0.282. The molecule has 2 saturated carbocycles. The molecule has 2 bridgehead atoms. The molecule has 2 aliphatic carbocycles. The van der Waals surface area contributed by atoms with Gasteiger partial charge in [0.25, 0.3) is 0 Å². The van der Waals surface area contributed by atoms with Crippen LogP contribution in [0.15, 0.2) is 24.3 Å². The summed E-state index contributed by atoms with van der Waals surface area (Å²) in [5.74, 6) is 6.26. The molecule has 0 radical (unpaired) electrons. The van der Waals surface area contributed by atoms with E-state index >= 15 is 0 Å². The van der Waals surface area contributed by atoms with Crippen LogP contribution in [-0.2, 0) is 24.7 Å². The summed E-state index contributed by atoms with van der Waals surface area (Å²) in [4.78, 5) is 15.2. The number of hydrogen-bond acceptors (Lipinski definition) is 7. The maximum Gasteiger partial charge on any atom is 0.236 e. The third-order valence-corrected chi connectivity index (χ3v) is 12.5. The number of sulfone groups is 1. The lowest BCUT2D eigenvalue weighted by Crippen LogP contribution is -2.59. The number of piperazine rings is 1. The lowest BCUT2D eigenvalue weighted by Gasteiger charge is -2.46. The Labute approximate surface area is 222 Å². The highest BCUT2D eigenvalue weighted by atomic mass is 32.2. The second kappa shape index (κ2) is 10.1.